The first-order valence-corrected chi connectivity index (χ1v) is 11.0. The van der Waals surface area contributed by atoms with Gasteiger partial charge in [0.25, 0.3) is 0 Å². The predicted molar refractivity (Wildman–Crippen MR) is 107 cm³/mol. The van der Waals surface area contributed by atoms with Gasteiger partial charge in [0.1, 0.15) is 0 Å². The molecule has 0 bridgehead atoms. The molecular formula is C21H28N2O2S. The summed E-state index contributed by atoms with van der Waals surface area (Å²) in [5.41, 5.74) is 3.68. The zero-order chi connectivity index (χ0) is 18.4. The Bertz CT molecular complexity index is 793. The Labute approximate surface area is 157 Å². The SMILES string of the molecule is CCc1ccc(S(=O)(=O)NCCCc2ccc(N3CCCC3)cc2)cc1. The number of nitrogens with zero attached hydrogens (tertiary/aromatic N) is 1. The summed E-state index contributed by atoms with van der Waals surface area (Å²) in [5, 5.41) is 0. The lowest BCUT2D eigenvalue weighted by molar-refractivity contribution is 0.579. The molecule has 140 valence electrons. The number of nitrogens with one attached hydrogen (secondary N) is 1. The van der Waals surface area contributed by atoms with Crippen LogP contribution in [-0.2, 0) is 22.9 Å². The molecule has 26 heavy (non-hydrogen) atoms. The minimum atomic E-state index is -3.41. The van der Waals surface area contributed by atoms with Crippen LogP contribution in [0.15, 0.2) is 53.4 Å². The summed E-state index contributed by atoms with van der Waals surface area (Å²) in [4.78, 5) is 2.76. The molecule has 4 nitrogen and oxygen atoms in total. The number of aryl methyl sites for hydroxylation is 2. The minimum Gasteiger partial charge on any atom is -0.372 e. The van der Waals surface area contributed by atoms with Crippen LogP contribution >= 0.6 is 0 Å². The topological polar surface area (TPSA) is 49.4 Å². The van der Waals surface area contributed by atoms with Gasteiger partial charge in [-0.3, -0.25) is 0 Å². The second kappa shape index (κ2) is 8.69. The van der Waals surface area contributed by atoms with Crippen molar-refractivity contribution in [2.24, 2.45) is 0 Å². The van der Waals surface area contributed by atoms with Gasteiger partial charge < -0.3 is 4.90 Å². The van der Waals surface area contributed by atoms with E-state index < -0.39 is 10.0 Å². The zero-order valence-electron chi connectivity index (χ0n) is 15.4. The molecule has 0 spiro atoms. The van der Waals surface area contributed by atoms with Crippen molar-refractivity contribution in [2.45, 2.75) is 43.9 Å². The molecule has 1 fully saturated rings. The highest BCUT2D eigenvalue weighted by atomic mass is 32.2. The third kappa shape index (κ3) is 4.86. The van der Waals surface area contributed by atoms with Crippen LogP contribution in [0.1, 0.15) is 37.3 Å². The molecule has 1 saturated heterocycles. The van der Waals surface area contributed by atoms with Crippen LogP contribution in [0.4, 0.5) is 5.69 Å². The van der Waals surface area contributed by atoms with E-state index in [0.717, 1.165) is 37.9 Å². The summed E-state index contributed by atoms with van der Waals surface area (Å²) < 4.78 is 27.3. The Balaban J connectivity index is 1.46. The molecule has 1 aliphatic heterocycles. The Hall–Kier alpha value is -1.85. The fourth-order valence-electron chi connectivity index (χ4n) is 3.34. The van der Waals surface area contributed by atoms with Crippen molar-refractivity contribution in [1.82, 2.24) is 4.72 Å². The molecule has 0 unspecified atom stereocenters. The van der Waals surface area contributed by atoms with Crippen molar-refractivity contribution in [3.05, 3.63) is 59.7 Å². The van der Waals surface area contributed by atoms with E-state index in [0.29, 0.717) is 11.4 Å². The summed E-state index contributed by atoms with van der Waals surface area (Å²) in [5.74, 6) is 0. The Morgan fingerprint density at radius 3 is 2.15 bits per heavy atom. The minimum absolute atomic E-state index is 0.338. The second-order valence-electron chi connectivity index (χ2n) is 6.86. The molecular weight excluding hydrogens is 344 g/mol. The van der Waals surface area contributed by atoms with Crippen molar-refractivity contribution in [1.29, 1.82) is 0 Å². The van der Waals surface area contributed by atoms with Gasteiger partial charge in [-0.2, -0.15) is 0 Å². The van der Waals surface area contributed by atoms with Crippen molar-refractivity contribution in [2.75, 3.05) is 24.5 Å². The lowest BCUT2D eigenvalue weighted by Gasteiger charge is -2.17. The van der Waals surface area contributed by atoms with E-state index in [2.05, 4.69) is 40.8 Å². The normalized spacial score (nSPS) is 14.7. The van der Waals surface area contributed by atoms with E-state index in [1.807, 2.05) is 12.1 Å². The van der Waals surface area contributed by atoms with Gasteiger partial charge in [0.05, 0.1) is 4.90 Å². The summed E-state index contributed by atoms with van der Waals surface area (Å²) in [6.07, 6.45) is 5.13. The highest BCUT2D eigenvalue weighted by Gasteiger charge is 2.13. The largest absolute Gasteiger partial charge is 0.372 e. The van der Waals surface area contributed by atoms with Gasteiger partial charge in [-0.15, -0.1) is 0 Å². The van der Waals surface area contributed by atoms with Crippen LogP contribution in [0.5, 0.6) is 0 Å². The van der Waals surface area contributed by atoms with Crippen LogP contribution in [-0.4, -0.2) is 28.1 Å². The summed E-state index contributed by atoms with van der Waals surface area (Å²) in [6.45, 7) is 4.81. The monoisotopic (exact) mass is 372 g/mol. The van der Waals surface area contributed by atoms with E-state index in [9.17, 15) is 8.42 Å². The summed E-state index contributed by atoms with van der Waals surface area (Å²) >= 11 is 0. The van der Waals surface area contributed by atoms with Gasteiger partial charge in [0.15, 0.2) is 0 Å². The lowest BCUT2D eigenvalue weighted by atomic mass is 10.1. The van der Waals surface area contributed by atoms with Crippen LogP contribution in [0, 0.1) is 0 Å². The average Bonchev–Trinajstić information content (AvgIpc) is 3.20. The van der Waals surface area contributed by atoms with Crippen LogP contribution < -0.4 is 9.62 Å². The lowest BCUT2D eigenvalue weighted by Crippen LogP contribution is -2.25. The van der Waals surface area contributed by atoms with E-state index in [1.165, 1.54) is 24.1 Å². The summed E-state index contributed by atoms with van der Waals surface area (Å²) in [7, 11) is -3.41. The quantitative estimate of drug-likeness (QED) is 0.718. The molecule has 1 aliphatic rings. The van der Waals surface area contributed by atoms with Crippen molar-refractivity contribution >= 4 is 15.7 Å². The molecule has 1 N–H and O–H groups in total. The molecule has 0 saturated carbocycles. The molecule has 2 aromatic carbocycles. The number of benzene rings is 2. The van der Waals surface area contributed by atoms with Gasteiger partial charge in [-0.1, -0.05) is 31.2 Å². The van der Waals surface area contributed by atoms with Gasteiger partial charge in [0, 0.05) is 25.3 Å². The second-order valence-corrected chi connectivity index (χ2v) is 8.63. The Kier molecular flexibility index (Phi) is 6.33. The maximum Gasteiger partial charge on any atom is 0.240 e. The number of hydrogen-bond donors (Lipinski definition) is 1. The molecule has 3 rings (SSSR count). The molecule has 0 aliphatic carbocycles. The standard InChI is InChI=1S/C21H28N2O2S/c1-2-18-9-13-21(14-10-18)26(24,25)22-15-5-6-19-7-11-20(12-8-19)23-16-3-4-17-23/h7-14,22H,2-6,15-17H2,1H3. The van der Waals surface area contributed by atoms with Crippen LogP contribution in [0.2, 0.25) is 0 Å². The predicted octanol–water partition coefficient (Wildman–Crippen LogP) is 3.76. The molecule has 0 aromatic heterocycles. The van der Waals surface area contributed by atoms with E-state index in [1.54, 1.807) is 12.1 Å². The van der Waals surface area contributed by atoms with Crippen LogP contribution in [0.25, 0.3) is 0 Å². The van der Waals surface area contributed by atoms with Crippen molar-refractivity contribution in [3.63, 3.8) is 0 Å². The number of sulfonamides is 1. The Morgan fingerprint density at radius 2 is 1.54 bits per heavy atom. The van der Waals surface area contributed by atoms with Crippen LogP contribution in [0.3, 0.4) is 0 Å². The first kappa shape index (κ1) is 18.9. The fraction of sp³-hybridized carbons (Fsp3) is 0.429. The van der Waals surface area contributed by atoms with E-state index in [4.69, 9.17) is 0 Å². The number of anilines is 1. The van der Waals surface area contributed by atoms with Gasteiger partial charge in [-0.25, -0.2) is 13.1 Å². The maximum absolute atomic E-state index is 12.3. The molecule has 0 amide bonds. The zero-order valence-corrected chi connectivity index (χ0v) is 16.3. The van der Waals surface area contributed by atoms with E-state index >= 15 is 0 Å². The Morgan fingerprint density at radius 1 is 0.923 bits per heavy atom. The molecule has 1 heterocycles. The van der Waals surface area contributed by atoms with Gasteiger partial charge >= 0.3 is 0 Å². The van der Waals surface area contributed by atoms with Gasteiger partial charge in [-0.05, 0) is 67.5 Å². The molecule has 2 aromatic rings. The highest BCUT2D eigenvalue weighted by molar-refractivity contribution is 7.89. The van der Waals surface area contributed by atoms with Gasteiger partial charge in [0.2, 0.25) is 10.0 Å². The number of rotatable bonds is 8. The van der Waals surface area contributed by atoms with Crippen molar-refractivity contribution in [3.8, 4) is 0 Å². The maximum atomic E-state index is 12.3. The molecule has 0 radical (unpaired) electrons. The van der Waals surface area contributed by atoms with Crippen molar-refractivity contribution < 1.29 is 8.42 Å². The third-order valence-electron chi connectivity index (χ3n) is 4.98. The number of hydrogen-bond acceptors (Lipinski definition) is 3. The summed E-state index contributed by atoms with van der Waals surface area (Å²) in [6, 6.07) is 15.8. The fourth-order valence-corrected chi connectivity index (χ4v) is 4.41. The molecule has 5 heteroatoms. The first-order chi connectivity index (χ1) is 12.6. The smallest absolute Gasteiger partial charge is 0.240 e. The average molecular weight is 373 g/mol. The first-order valence-electron chi connectivity index (χ1n) is 9.51. The third-order valence-corrected chi connectivity index (χ3v) is 6.46. The molecule has 0 atom stereocenters. The van der Waals surface area contributed by atoms with E-state index in [-0.39, 0.29) is 0 Å². The highest BCUT2D eigenvalue weighted by Crippen LogP contribution is 2.20.